The van der Waals surface area contributed by atoms with Gasteiger partial charge in [-0.05, 0) is 29.7 Å². The van der Waals surface area contributed by atoms with Crippen LogP contribution in [0.4, 0.5) is 4.39 Å². The fourth-order valence-corrected chi connectivity index (χ4v) is 3.39. The second kappa shape index (κ2) is 8.77. The van der Waals surface area contributed by atoms with Crippen LogP contribution in [0, 0.1) is 5.82 Å². The summed E-state index contributed by atoms with van der Waals surface area (Å²) in [5.74, 6) is -0.815. The average molecular weight is 369 g/mol. The molecule has 2 N–H and O–H groups in total. The van der Waals surface area contributed by atoms with Crippen LogP contribution in [-0.4, -0.2) is 53.8 Å². The zero-order valence-electron chi connectivity index (χ0n) is 15.2. The minimum atomic E-state index is -0.486. The van der Waals surface area contributed by atoms with Crippen molar-refractivity contribution in [2.24, 2.45) is 5.73 Å². The molecule has 1 aliphatic rings. The Labute approximate surface area is 158 Å². The van der Waals surface area contributed by atoms with Crippen molar-refractivity contribution in [3.63, 3.8) is 0 Å². The molecule has 0 radical (unpaired) electrons. The van der Waals surface area contributed by atoms with Gasteiger partial charge in [0, 0.05) is 26.2 Å². The number of hydrogen-bond acceptors (Lipinski definition) is 3. The third-order valence-electron chi connectivity index (χ3n) is 4.97. The Bertz CT molecular complexity index is 780. The van der Waals surface area contributed by atoms with Gasteiger partial charge in [-0.2, -0.15) is 0 Å². The van der Waals surface area contributed by atoms with Gasteiger partial charge in [0.15, 0.2) is 0 Å². The molecule has 2 aromatic carbocycles. The molecule has 1 heterocycles. The number of hydrogen-bond donors (Lipinski definition) is 1. The second-order valence-electron chi connectivity index (χ2n) is 6.83. The monoisotopic (exact) mass is 369 g/mol. The molecular weight excluding hydrogens is 345 g/mol. The highest BCUT2D eigenvalue weighted by molar-refractivity contribution is 5.83. The number of nitrogens with two attached hydrogens (primary N) is 1. The fourth-order valence-electron chi connectivity index (χ4n) is 3.39. The summed E-state index contributed by atoms with van der Waals surface area (Å²) in [4.78, 5) is 28.2. The summed E-state index contributed by atoms with van der Waals surface area (Å²) in [5.41, 5.74) is 7.56. The van der Waals surface area contributed by atoms with Crippen molar-refractivity contribution in [2.45, 2.75) is 18.9 Å². The minimum absolute atomic E-state index is 0.0735. The van der Waals surface area contributed by atoms with E-state index in [4.69, 9.17) is 5.73 Å². The molecule has 1 saturated heterocycles. The number of amides is 2. The Morgan fingerprint density at radius 2 is 1.70 bits per heavy atom. The van der Waals surface area contributed by atoms with Crippen LogP contribution in [0.2, 0.25) is 0 Å². The molecule has 2 aromatic rings. The van der Waals surface area contributed by atoms with Gasteiger partial charge >= 0.3 is 0 Å². The molecule has 1 atom stereocenters. The first-order valence-electron chi connectivity index (χ1n) is 9.12. The lowest BCUT2D eigenvalue weighted by molar-refractivity contribution is -0.136. The lowest BCUT2D eigenvalue weighted by Crippen LogP contribution is -2.59. The predicted octanol–water partition coefficient (Wildman–Crippen LogP) is 1.61. The molecule has 1 unspecified atom stereocenters. The number of nitrogens with zero attached hydrogens (tertiary/aromatic N) is 2. The highest BCUT2D eigenvalue weighted by Gasteiger charge is 2.32. The highest BCUT2D eigenvalue weighted by atomic mass is 19.1. The predicted molar refractivity (Wildman–Crippen MR) is 101 cm³/mol. The molecule has 0 spiro atoms. The normalized spacial score (nSPS) is 17.7. The molecule has 1 aliphatic heterocycles. The number of benzene rings is 2. The zero-order valence-corrected chi connectivity index (χ0v) is 15.2. The van der Waals surface area contributed by atoms with Gasteiger partial charge in [0.2, 0.25) is 11.8 Å². The number of halogens is 1. The summed E-state index contributed by atoms with van der Waals surface area (Å²) >= 11 is 0. The van der Waals surface area contributed by atoms with Gasteiger partial charge in [-0.15, -0.1) is 0 Å². The van der Waals surface area contributed by atoms with E-state index in [0.717, 1.165) is 18.5 Å². The maximum atomic E-state index is 13.0. The summed E-state index contributed by atoms with van der Waals surface area (Å²) in [6, 6.07) is 15.5. The summed E-state index contributed by atoms with van der Waals surface area (Å²) in [6.45, 7) is 2.18. The van der Waals surface area contributed by atoms with Crippen LogP contribution >= 0.6 is 0 Å². The molecule has 27 heavy (non-hydrogen) atoms. The Hall–Kier alpha value is -2.73. The van der Waals surface area contributed by atoms with Crippen molar-refractivity contribution in [3.05, 3.63) is 71.5 Å². The van der Waals surface area contributed by atoms with Gasteiger partial charge in [0.05, 0.1) is 6.42 Å². The van der Waals surface area contributed by atoms with Gasteiger partial charge < -0.3 is 10.6 Å². The summed E-state index contributed by atoms with van der Waals surface area (Å²) in [5, 5.41) is 0. The van der Waals surface area contributed by atoms with Crippen molar-refractivity contribution >= 4 is 11.8 Å². The van der Waals surface area contributed by atoms with Crippen LogP contribution in [0.1, 0.15) is 11.1 Å². The molecule has 5 nitrogen and oxygen atoms in total. The Morgan fingerprint density at radius 1 is 1.00 bits per heavy atom. The number of carbonyl (C=O) groups is 2. The summed E-state index contributed by atoms with van der Waals surface area (Å²) < 4.78 is 13.0. The molecule has 0 aliphatic carbocycles. The zero-order chi connectivity index (χ0) is 19.2. The van der Waals surface area contributed by atoms with E-state index >= 15 is 0 Å². The van der Waals surface area contributed by atoms with Crippen LogP contribution in [0.3, 0.4) is 0 Å². The van der Waals surface area contributed by atoms with Crippen molar-refractivity contribution in [1.82, 2.24) is 9.80 Å². The Morgan fingerprint density at radius 3 is 2.37 bits per heavy atom. The highest BCUT2D eigenvalue weighted by Crippen LogP contribution is 2.14. The molecule has 142 valence electrons. The van der Waals surface area contributed by atoms with Crippen LogP contribution in [0.25, 0.3) is 0 Å². The van der Waals surface area contributed by atoms with E-state index in [9.17, 15) is 14.0 Å². The summed E-state index contributed by atoms with van der Waals surface area (Å²) in [7, 11) is 0. The first-order chi connectivity index (χ1) is 13.0. The quantitative estimate of drug-likeness (QED) is 0.841. The van der Waals surface area contributed by atoms with Gasteiger partial charge in [-0.25, -0.2) is 4.39 Å². The van der Waals surface area contributed by atoms with E-state index in [1.807, 2.05) is 18.2 Å². The third-order valence-corrected chi connectivity index (χ3v) is 4.97. The number of rotatable bonds is 6. The smallest absolute Gasteiger partial charge is 0.236 e. The standard InChI is InChI=1S/C21H24FN3O2/c22-18-8-6-17(7-9-18)14-20(26)25-13-12-24(19(15-25)21(23)27)11-10-16-4-2-1-3-5-16/h1-9,19H,10-15H2,(H2,23,27). The van der Waals surface area contributed by atoms with E-state index in [1.54, 1.807) is 17.0 Å². The lowest BCUT2D eigenvalue weighted by atomic mass is 10.1. The van der Waals surface area contributed by atoms with E-state index in [-0.39, 0.29) is 18.1 Å². The number of primary amides is 1. The van der Waals surface area contributed by atoms with Crippen LogP contribution in [0.5, 0.6) is 0 Å². The molecule has 2 amide bonds. The van der Waals surface area contributed by atoms with Gasteiger partial charge in [-0.1, -0.05) is 42.5 Å². The van der Waals surface area contributed by atoms with E-state index in [0.29, 0.717) is 19.6 Å². The fraction of sp³-hybridized carbons (Fsp3) is 0.333. The third kappa shape index (κ3) is 5.14. The van der Waals surface area contributed by atoms with Crippen molar-refractivity contribution in [3.8, 4) is 0 Å². The van der Waals surface area contributed by atoms with Crippen molar-refractivity contribution in [1.29, 1.82) is 0 Å². The SMILES string of the molecule is NC(=O)C1CN(C(=O)Cc2ccc(F)cc2)CCN1CCc1ccccc1. The van der Waals surface area contributed by atoms with Crippen molar-refractivity contribution < 1.29 is 14.0 Å². The van der Waals surface area contributed by atoms with Gasteiger partial charge in [0.25, 0.3) is 0 Å². The topological polar surface area (TPSA) is 66.6 Å². The Kier molecular flexibility index (Phi) is 6.19. The van der Waals surface area contributed by atoms with E-state index < -0.39 is 11.9 Å². The number of carbonyl (C=O) groups excluding carboxylic acids is 2. The first kappa shape index (κ1) is 19.0. The van der Waals surface area contributed by atoms with Gasteiger partial charge in [0.1, 0.15) is 11.9 Å². The van der Waals surface area contributed by atoms with E-state index in [1.165, 1.54) is 17.7 Å². The average Bonchev–Trinajstić information content (AvgIpc) is 2.68. The van der Waals surface area contributed by atoms with E-state index in [2.05, 4.69) is 17.0 Å². The van der Waals surface area contributed by atoms with Crippen LogP contribution in [0.15, 0.2) is 54.6 Å². The molecular formula is C21H24FN3O2. The first-order valence-corrected chi connectivity index (χ1v) is 9.12. The molecule has 1 fully saturated rings. The molecule has 3 rings (SSSR count). The van der Waals surface area contributed by atoms with Crippen LogP contribution in [-0.2, 0) is 22.4 Å². The molecule has 0 aromatic heterocycles. The summed E-state index contributed by atoms with van der Waals surface area (Å²) in [6.07, 6.45) is 1.02. The lowest BCUT2D eigenvalue weighted by Gasteiger charge is -2.40. The minimum Gasteiger partial charge on any atom is -0.368 e. The molecule has 0 saturated carbocycles. The molecule has 0 bridgehead atoms. The maximum Gasteiger partial charge on any atom is 0.236 e. The Balaban J connectivity index is 1.58. The largest absolute Gasteiger partial charge is 0.368 e. The van der Waals surface area contributed by atoms with Gasteiger partial charge in [-0.3, -0.25) is 14.5 Å². The molecule has 6 heteroatoms. The second-order valence-corrected chi connectivity index (χ2v) is 6.83. The van der Waals surface area contributed by atoms with Crippen molar-refractivity contribution in [2.75, 3.05) is 26.2 Å². The number of piperazine rings is 1. The van der Waals surface area contributed by atoms with Crippen LogP contribution < -0.4 is 5.73 Å². The maximum absolute atomic E-state index is 13.0.